The standard InChI is InChI=1S/C27H28ClNO4/c28-17-2-4-18-16(8-17)1-3-19-21-22(20-12-32-26(33-20)24(21)30)23(29(18)19)25(31)27-9-13-5-14(10-27)7-15(6-13)11-27/h1-4,8,13-15,19-23,26H,5-7,9-12H2. The van der Waals surface area contributed by atoms with E-state index in [4.69, 9.17) is 21.1 Å². The SMILES string of the molecule is O=C1C2OCC(O2)C2C1C1C=Cc3cc(Cl)ccc3N1C2C(=O)C12CC3CC(CC(C3)C1)C2. The molecule has 33 heavy (non-hydrogen) atoms. The van der Waals surface area contributed by atoms with Gasteiger partial charge < -0.3 is 14.4 Å². The van der Waals surface area contributed by atoms with Crippen LogP contribution in [0.1, 0.15) is 44.1 Å². The Hall–Kier alpha value is -1.69. The van der Waals surface area contributed by atoms with Crippen molar-refractivity contribution in [2.24, 2.45) is 35.0 Å². The molecule has 5 nitrogen and oxygen atoms in total. The summed E-state index contributed by atoms with van der Waals surface area (Å²) in [5.41, 5.74) is 1.82. The molecule has 8 aliphatic rings. The topological polar surface area (TPSA) is 55.8 Å². The van der Waals surface area contributed by atoms with Crippen LogP contribution in [0.5, 0.6) is 0 Å². The maximum atomic E-state index is 14.8. The van der Waals surface area contributed by atoms with Gasteiger partial charge in [-0.15, -0.1) is 0 Å². The van der Waals surface area contributed by atoms with Crippen LogP contribution >= 0.6 is 11.6 Å². The van der Waals surface area contributed by atoms with E-state index in [-0.39, 0.29) is 41.2 Å². The Bertz CT molecular complexity index is 1080. The second-order valence-electron chi connectivity index (χ2n) is 11.8. The van der Waals surface area contributed by atoms with Gasteiger partial charge in [-0.3, -0.25) is 9.59 Å². The first-order valence-corrected chi connectivity index (χ1v) is 13.0. The predicted octanol–water partition coefficient (Wildman–Crippen LogP) is 4.27. The number of carbonyl (C=O) groups is 2. The Morgan fingerprint density at radius 1 is 1.09 bits per heavy atom. The number of anilines is 1. The molecule has 0 spiro atoms. The molecule has 9 rings (SSSR count). The maximum absolute atomic E-state index is 14.8. The largest absolute Gasteiger partial charge is 0.353 e. The molecular weight excluding hydrogens is 438 g/mol. The van der Waals surface area contributed by atoms with Crippen molar-refractivity contribution in [2.75, 3.05) is 11.5 Å². The summed E-state index contributed by atoms with van der Waals surface area (Å²) in [4.78, 5) is 30.5. The van der Waals surface area contributed by atoms with Gasteiger partial charge in [-0.25, -0.2) is 0 Å². The van der Waals surface area contributed by atoms with Gasteiger partial charge in [0.2, 0.25) is 6.29 Å². The molecule has 6 bridgehead atoms. The van der Waals surface area contributed by atoms with E-state index in [1.54, 1.807) is 0 Å². The first-order valence-electron chi connectivity index (χ1n) is 12.6. The average molecular weight is 466 g/mol. The number of benzene rings is 1. The molecule has 0 N–H and O–H groups in total. The second-order valence-corrected chi connectivity index (χ2v) is 12.2. The summed E-state index contributed by atoms with van der Waals surface area (Å²) in [6, 6.07) is 5.42. The fourth-order valence-electron chi connectivity index (χ4n) is 9.33. The Balaban J connectivity index is 1.28. The van der Waals surface area contributed by atoms with Crippen LogP contribution in [0.15, 0.2) is 24.3 Å². The predicted molar refractivity (Wildman–Crippen MR) is 123 cm³/mol. The van der Waals surface area contributed by atoms with Crippen molar-refractivity contribution < 1.29 is 19.1 Å². The number of ketones is 2. The first kappa shape index (κ1) is 19.6. The van der Waals surface area contributed by atoms with Crippen molar-refractivity contribution in [3.8, 4) is 0 Å². The lowest BCUT2D eigenvalue weighted by Gasteiger charge is -2.57. The lowest BCUT2D eigenvalue weighted by Crippen LogP contribution is -2.58. The molecule has 1 aromatic carbocycles. The summed E-state index contributed by atoms with van der Waals surface area (Å²) in [5.74, 6) is 2.05. The average Bonchev–Trinajstić information content (AvgIpc) is 3.37. The molecule has 6 unspecified atom stereocenters. The zero-order valence-electron chi connectivity index (χ0n) is 18.5. The summed E-state index contributed by atoms with van der Waals surface area (Å²) < 4.78 is 11.8. The Labute approximate surface area is 198 Å². The van der Waals surface area contributed by atoms with E-state index in [2.05, 4.69) is 17.1 Å². The minimum Gasteiger partial charge on any atom is -0.353 e. The number of halogens is 1. The van der Waals surface area contributed by atoms with Gasteiger partial charge >= 0.3 is 0 Å². The van der Waals surface area contributed by atoms with E-state index < -0.39 is 6.29 Å². The summed E-state index contributed by atoms with van der Waals surface area (Å²) in [6.07, 6.45) is 10.2. The molecule has 0 aromatic heterocycles. The highest BCUT2D eigenvalue weighted by molar-refractivity contribution is 6.30. The van der Waals surface area contributed by atoms with Crippen LogP contribution in [-0.4, -0.2) is 42.7 Å². The van der Waals surface area contributed by atoms with Crippen LogP contribution in [-0.2, 0) is 19.1 Å². The van der Waals surface area contributed by atoms with Gasteiger partial charge in [0.25, 0.3) is 0 Å². The number of fused-ring (bicyclic) bond motifs is 8. The molecular formula is C27H28ClNO4. The first-order chi connectivity index (χ1) is 16.0. The molecule has 4 aliphatic carbocycles. The van der Waals surface area contributed by atoms with Crippen molar-refractivity contribution in [1.29, 1.82) is 0 Å². The molecule has 4 heterocycles. The lowest BCUT2D eigenvalue weighted by atomic mass is 9.47. The summed E-state index contributed by atoms with van der Waals surface area (Å²) in [5, 5.41) is 0.685. The minimum atomic E-state index is -0.772. The van der Waals surface area contributed by atoms with Crippen molar-refractivity contribution in [3.63, 3.8) is 0 Å². The quantitative estimate of drug-likeness (QED) is 0.653. The molecule has 1 aromatic rings. The van der Waals surface area contributed by atoms with Crippen molar-refractivity contribution in [3.05, 3.63) is 34.9 Å². The number of nitrogens with zero attached hydrogens (tertiary/aromatic N) is 1. The van der Waals surface area contributed by atoms with Crippen LogP contribution in [0.25, 0.3) is 6.08 Å². The Morgan fingerprint density at radius 3 is 2.55 bits per heavy atom. The summed E-state index contributed by atoms with van der Waals surface area (Å²) >= 11 is 6.32. The van der Waals surface area contributed by atoms with Gasteiger partial charge in [0.1, 0.15) is 0 Å². The van der Waals surface area contributed by atoms with E-state index in [0.29, 0.717) is 35.2 Å². The van der Waals surface area contributed by atoms with E-state index >= 15 is 0 Å². The second kappa shape index (κ2) is 6.50. The van der Waals surface area contributed by atoms with E-state index in [1.807, 2.05) is 18.2 Å². The highest BCUT2D eigenvalue weighted by Gasteiger charge is 2.66. The summed E-state index contributed by atoms with van der Waals surface area (Å²) in [7, 11) is 0. The third kappa shape index (κ3) is 2.51. The third-order valence-electron chi connectivity index (χ3n) is 10.0. The number of ether oxygens (including phenoxy) is 2. The highest BCUT2D eigenvalue weighted by atomic mass is 35.5. The van der Waals surface area contributed by atoms with Crippen molar-refractivity contribution in [2.45, 2.75) is 63.0 Å². The molecule has 4 aliphatic heterocycles. The van der Waals surface area contributed by atoms with Gasteiger partial charge in [-0.1, -0.05) is 23.8 Å². The Morgan fingerprint density at radius 2 is 1.82 bits per heavy atom. The van der Waals surface area contributed by atoms with Gasteiger partial charge in [-0.05, 0) is 80.0 Å². The zero-order chi connectivity index (χ0) is 22.1. The van der Waals surface area contributed by atoms with Gasteiger partial charge in [0.15, 0.2) is 11.6 Å². The fourth-order valence-corrected chi connectivity index (χ4v) is 9.52. The number of Topliss-reactive ketones (excluding diaryl/α,β-unsaturated/α-hetero) is 2. The number of hydrogen-bond acceptors (Lipinski definition) is 5. The molecule has 6 heteroatoms. The molecule has 6 atom stereocenters. The van der Waals surface area contributed by atoms with Crippen LogP contribution < -0.4 is 4.90 Å². The monoisotopic (exact) mass is 465 g/mol. The molecule has 0 amide bonds. The molecule has 0 radical (unpaired) electrons. The van der Waals surface area contributed by atoms with Crippen LogP contribution in [0.2, 0.25) is 5.02 Å². The van der Waals surface area contributed by atoms with Gasteiger partial charge in [-0.2, -0.15) is 0 Å². The smallest absolute Gasteiger partial charge is 0.218 e. The number of hydrogen-bond donors (Lipinski definition) is 0. The van der Waals surface area contributed by atoms with Gasteiger partial charge in [0, 0.05) is 22.0 Å². The third-order valence-corrected chi connectivity index (χ3v) is 10.3. The summed E-state index contributed by atoms with van der Waals surface area (Å²) in [6.45, 7) is 0.403. The van der Waals surface area contributed by atoms with Crippen LogP contribution in [0.4, 0.5) is 5.69 Å². The fraction of sp³-hybridized carbons (Fsp3) is 0.630. The zero-order valence-corrected chi connectivity index (χ0v) is 19.2. The minimum absolute atomic E-state index is 0.00613. The van der Waals surface area contributed by atoms with Crippen molar-refractivity contribution >= 4 is 34.9 Å². The normalized spacial score (nSPS) is 48.1. The molecule has 4 saturated carbocycles. The van der Waals surface area contributed by atoms with Crippen LogP contribution in [0.3, 0.4) is 0 Å². The van der Waals surface area contributed by atoms with Gasteiger partial charge in [0.05, 0.1) is 30.7 Å². The number of carbonyl (C=O) groups excluding carboxylic acids is 2. The van der Waals surface area contributed by atoms with E-state index in [9.17, 15) is 9.59 Å². The molecule has 172 valence electrons. The van der Waals surface area contributed by atoms with E-state index in [1.165, 1.54) is 19.3 Å². The highest BCUT2D eigenvalue weighted by Crippen LogP contribution is 2.62. The lowest BCUT2D eigenvalue weighted by molar-refractivity contribution is -0.166. The number of rotatable bonds is 2. The maximum Gasteiger partial charge on any atom is 0.218 e. The Kier molecular flexibility index (Phi) is 3.86. The molecule has 7 fully saturated rings. The van der Waals surface area contributed by atoms with Crippen LogP contribution in [0, 0.1) is 35.0 Å². The molecule has 3 saturated heterocycles. The van der Waals surface area contributed by atoms with Crippen molar-refractivity contribution in [1.82, 2.24) is 0 Å². The van der Waals surface area contributed by atoms with E-state index in [0.717, 1.165) is 30.5 Å².